The quantitative estimate of drug-likeness (QED) is 0.778. The van der Waals surface area contributed by atoms with E-state index in [1.807, 2.05) is 36.4 Å². The normalized spacial score (nSPS) is 10.4. The molecule has 122 valence electrons. The lowest BCUT2D eigenvalue weighted by Gasteiger charge is -2.13. The van der Waals surface area contributed by atoms with E-state index < -0.39 is 0 Å². The van der Waals surface area contributed by atoms with Crippen molar-refractivity contribution in [2.45, 2.75) is 6.54 Å². The molecule has 0 fully saturated rings. The Labute approximate surface area is 141 Å². The van der Waals surface area contributed by atoms with Crippen LogP contribution in [0.5, 0.6) is 11.5 Å². The van der Waals surface area contributed by atoms with Crippen LogP contribution in [0.3, 0.4) is 0 Å². The van der Waals surface area contributed by atoms with Crippen LogP contribution in [0.25, 0.3) is 10.8 Å². The summed E-state index contributed by atoms with van der Waals surface area (Å²) in [6.07, 6.45) is 0. The van der Waals surface area contributed by atoms with Gasteiger partial charge in [0.2, 0.25) is 0 Å². The van der Waals surface area contributed by atoms with Gasteiger partial charge in [0.1, 0.15) is 11.5 Å². The average Bonchev–Trinajstić information content (AvgIpc) is 2.65. The highest BCUT2D eigenvalue weighted by Gasteiger charge is 2.11. The molecule has 3 aromatic rings. The van der Waals surface area contributed by atoms with Crippen LogP contribution >= 0.6 is 0 Å². The van der Waals surface area contributed by atoms with Gasteiger partial charge in [0.15, 0.2) is 0 Å². The molecule has 4 heteroatoms. The number of nitrogens with one attached hydrogen (secondary N) is 1. The number of amides is 1. The van der Waals surface area contributed by atoms with Crippen molar-refractivity contribution >= 4 is 16.7 Å². The molecule has 0 aliphatic rings. The smallest absolute Gasteiger partial charge is 0.251 e. The highest BCUT2D eigenvalue weighted by atomic mass is 16.5. The summed E-state index contributed by atoms with van der Waals surface area (Å²) in [5, 5.41) is 5.15. The first kappa shape index (κ1) is 15.9. The SMILES string of the molecule is COc1ccc(C(=O)NCc2c(OC)ccc3ccccc23)cc1. The standard InChI is InChI=1S/C20H19NO3/c1-23-16-10-7-15(8-11-16)20(22)21-13-18-17-6-4-3-5-14(17)9-12-19(18)24-2/h3-12H,13H2,1-2H3,(H,21,22). The first-order valence-corrected chi connectivity index (χ1v) is 7.70. The fourth-order valence-corrected chi connectivity index (χ4v) is 2.70. The number of methoxy groups -OCH3 is 2. The lowest BCUT2D eigenvalue weighted by Crippen LogP contribution is -2.23. The van der Waals surface area contributed by atoms with Crippen molar-refractivity contribution in [1.29, 1.82) is 0 Å². The van der Waals surface area contributed by atoms with Crippen LogP contribution in [0.15, 0.2) is 60.7 Å². The van der Waals surface area contributed by atoms with Crippen LogP contribution in [0, 0.1) is 0 Å². The minimum Gasteiger partial charge on any atom is -0.497 e. The van der Waals surface area contributed by atoms with E-state index in [2.05, 4.69) is 5.32 Å². The summed E-state index contributed by atoms with van der Waals surface area (Å²) in [6, 6.07) is 19.0. The van der Waals surface area contributed by atoms with Gasteiger partial charge in [-0.15, -0.1) is 0 Å². The topological polar surface area (TPSA) is 47.6 Å². The van der Waals surface area contributed by atoms with Crippen LogP contribution in [-0.4, -0.2) is 20.1 Å². The zero-order chi connectivity index (χ0) is 16.9. The number of carbonyl (C=O) groups is 1. The van der Waals surface area contributed by atoms with Gasteiger partial charge < -0.3 is 14.8 Å². The molecular weight excluding hydrogens is 302 g/mol. The lowest BCUT2D eigenvalue weighted by molar-refractivity contribution is 0.0951. The predicted molar refractivity (Wildman–Crippen MR) is 94.7 cm³/mol. The Kier molecular flexibility index (Phi) is 4.66. The molecule has 0 bridgehead atoms. The van der Waals surface area contributed by atoms with Crippen LogP contribution < -0.4 is 14.8 Å². The molecule has 0 aromatic heterocycles. The summed E-state index contributed by atoms with van der Waals surface area (Å²) in [6.45, 7) is 0.398. The van der Waals surface area contributed by atoms with E-state index >= 15 is 0 Å². The second-order valence-corrected chi connectivity index (χ2v) is 5.38. The maximum absolute atomic E-state index is 12.4. The molecule has 0 saturated heterocycles. The first-order valence-electron chi connectivity index (χ1n) is 7.70. The van der Waals surface area contributed by atoms with E-state index in [1.165, 1.54) is 0 Å². The molecule has 0 spiro atoms. The summed E-state index contributed by atoms with van der Waals surface area (Å²) >= 11 is 0. The van der Waals surface area contributed by atoms with E-state index in [-0.39, 0.29) is 5.91 Å². The van der Waals surface area contributed by atoms with Crippen LogP contribution in [0.1, 0.15) is 15.9 Å². The van der Waals surface area contributed by atoms with Crippen molar-refractivity contribution in [2.75, 3.05) is 14.2 Å². The van der Waals surface area contributed by atoms with Crippen molar-refractivity contribution < 1.29 is 14.3 Å². The minimum absolute atomic E-state index is 0.132. The summed E-state index contributed by atoms with van der Waals surface area (Å²) in [5.41, 5.74) is 1.56. The molecule has 24 heavy (non-hydrogen) atoms. The van der Waals surface area contributed by atoms with Gasteiger partial charge >= 0.3 is 0 Å². The van der Waals surface area contributed by atoms with Crippen molar-refractivity contribution in [3.05, 3.63) is 71.8 Å². The van der Waals surface area contributed by atoms with Gasteiger partial charge in [0, 0.05) is 17.7 Å². The Morgan fingerprint density at radius 1 is 0.917 bits per heavy atom. The summed E-state index contributed by atoms with van der Waals surface area (Å²) in [7, 11) is 3.24. The van der Waals surface area contributed by atoms with Crippen molar-refractivity contribution in [1.82, 2.24) is 5.32 Å². The Bertz CT molecular complexity index is 856. The van der Waals surface area contributed by atoms with Crippen LogP contribution in [0.2, 0.25) is 0 Å². The fraction of sp³-hybridized carbons (Fsp3) is 0.150. The van der Waals surface area contributed by atoms with Gasteiger partial charge in [-0.05, 0) is 41.1 Å². The Balaban J connectivity index is 1.83. The predicted octanol–water partition coefficient (Wildman–Crippen LogP) is 3.79. The maximum Gasteiger partial charge on any atom is 0.251 e. The molecule has 0 aliphatic heterocycles. The molecule has 4 nitrogen and oxygen atoms in total. The number of hydrogen-bond donors (Lipinski definition) is 1. The van der Waals surface area contributed by atoms with Gasteiger partial charge in [-0.1, -0.05) is 30.3 Å². The third-order valence-corrected chi connectivity index (χ3v) is 4.00. The molecule has 0 radical (unpaired) electrons. The zero-order valence-electron chi connectivity index (χ0n) is 13.7. The first-order chi connectivity index (χ1) is 11.7. The van der Waals surface area contributed by atoms with E-state index in [0.29, 0.717) is 12.1 Å². The monoisotopic (exact) mass is 321 g/mol. The third kappa shape index (κ3) is 3.18. The van der Waals surface area contributed by atoms with Crippen LogP contribution in [-0.2, 0) is 6.54 Å². The number of hydrogen-bond acceptors (Lipinski definition) is 3. The Morgan fingerprint density at radius 2 is 1.67 bits per heavy atom. The van der Waals surface area contributed by atoms with Gasteiger partial charge in [0.05, 0.1) is 14.2 Å². The number of ether oxygens (including phenoxy) is 2. The van der Waals surface area contributed by atoms with E-state index in [9.17, 15) is 4.79 Å². The van der Waals surface area contributed by atoms with E-state index in [0.717, 1.165) is 27.8 Å². The van der Waals surface area contributed by atoms with Crippen molar-refractivity contribution in [2.24, 2.45) is 0 Å². The van der Waals surface area contributed by atoms with Crippen molar-refractivity contribution in [3.8, 4) is 11.5 Å². The van der Waals surface area contributed by atoms with E-state index in [1.54, 1.807) is 38.5 Å². The average molecular weight is 321 g/mol. The molecule has 0 atom stereocenters. The third-order valence-electron chi connectivity index (χ3n) is 4.00. The molecule has 3 rings (SSSR count). The van der Waals surface area contributed by atoms with Gasteiger partial charge in [-0.25, -0.2) is 0 Å². The highest BCUT2D eigenvalue weighted by Crippen LogP contribution is 2.27. The zero-order valence-corrected chi connectivity index (χ0v) is 13.7. The van der Waals surface area contributed by atoms with Crippen LogP contribution in [0.4, 0.5) is 0 Å². The van der Waals surface area contributed by atoms with Crippen molar-refractivity contribution in [3.63, 3.8) is 0 Å². The molecule has 3 aromatic carbocycles. The Morgan fingerprint density at radius 3 is 2.38 bits per heavy atom. The molecular formula is C20H19NO3. The number of carbonyl (C=O) groups excluding carboxylic acids is 1. The Hall–Kier alpha value is -3.01. The second-order valence-electron chi connectivity index (χ2n) is 5.38. The molecule has 0 unspecified atom stereocenters. The number of fused-ring (bicyclic) bond motifs is 1. The molecule has 0 aliphatic carbocycles. The molecule has 1 N–H and O–H groups in total. The van der Waals surface area contributed by atoms with Gasteiger partial charge in [-0.2, -0.15) is 0 Å². The molecule has 0 saturated carbocycles. The molecule has 1 amide bonds. The number of rotatable bonds is 5. The highest BCUT2D eigenvalue weighted by molar-refractivity contribution is 5.95. The summed E-state index contributed by atoms with van der Waals surface area (Å²) in [4.78, 5) is 12.4. The second kappa shape index (κ2) is 7.04. The number of benzene rings is 3. The van der Waals surface area contributed by atoms with E-state index in [4.69, 9.17) is 9.47 Å². The minimum atomic E-state index is -0.132. The maximum atomic E-state index is 12.4. The lowest BCUT2D eigenvalue weighted by atomic mass is 10.0. The van der Waals surface area contributed by atoms with Gasteiger partial charge in [0.25, 0.3) is 5.91 Å². The summed E-state index contributed by atoms with van der Waals surface area (Å²) in [5.74, 6) is 1.36. The van der Waals surface area contributed by atoms with Gasteiger partial charge in [-0.3, -0.25) is 4.79 Å². The molecule has 0 heterocycles. The fourth-order valence-electron chi connectivity index (χ4n) is 2.70. The largest absolute Gasteiger partial charge is 0.497 e. The summed E-state index contributed by atoms with van der Waals surface area (Å²) < 4.78 is 10.6.